The maximum absolute atomic E-state index is 13.7. The highest BCUT2D eigenvalue weighted by atomic mass is 32.2. The molecule has 9 nitrogen and oxygen atoms in total. The van der Waals surface area contributed by atoms with E-state index in [9.17, 15) is 22.4 Å². The van der Waals surface area contributed by atoms with Crippen LogP contribution in [0.1, 0.15) is 43.4 Å². The van der Waals surface area contributed by atoms with E-state index in [4.69, 9.17) is 9.47 Å². The summed E-state index contributed by atoms with van der Waals surface area (Å²) in [6.07, 6.45) is 2.79. The molecule has 43 heavy (non-hydrogen) atoms. The molecule has 1 atom stereocenters. The Bertz CT molecular complexity index is 1430. The lowest BCUT2D eigenvalue weighted by atomic mass is 10.0. The molecule has 1 fully saturated rings. The normalized spacial score (nSPS) is 14.6. The summed E-state index contributed by atoms with van der Waals surface area (Å²) < 4.78 is 51.9. The molecule has 230 valence electrons. The van der Waals surface area contributed by atoms with Crippen LogP contribution in [-0.2, 0) is 30.9 Å². The summed E-state index contributed by atoms with van der Waals surface area (Å²) in [6, 6.07) is 19.7. The predicted octanol–water partition coefficient (Wildman–Crippen LogP) is 4.30. The standard InChI is InChI=1S/C32H38FN3O6S/c1-2-3-7-18-34-32(38)31(26-8-5-4-6-9-26)36(23-25-10-12-27(33)13-11-25)30(37)24-42-28-14-16-29(17-15-28)43(39,40)35-19-21-41-22-20-35/h4-6,8-17,31H,2-3,7,18-24H2,1H3,(H,34,38). The Labute approximate surface area is 252 Å². The van der Waals surface area contributed by atoms with Crippen LogP contribution in [0.5, 0.6) is 5.75 Å². The molecule has 1 aliphatic heterocycles. The molecule has 11 heteroatoms. The minimum absolute atomic E-state index is 0.0428. The molecule has 0 saturated carbocycles. The summed E-state index contributed by atoms with van der Waals surface area (Å²) in [4.78, 5) is 28.9. The number of benzene rings is 3. The van der Waals surface area contributed by atoms with E-state index in [1.807, 2.05) is 6.07 Å². The zero-order valence-electron chi connectivity index (χ0n) is 24.3. The number of ether oxygens (including phenoxy) is 2. The number of unbranched alkanes of at least 4 members (excludes halogenated alkanes) is 2. The number of carbonyl (C=O) groups excluding carboxylic acids is 2. The van der Waals surface area contributed by atoms with Crippen LogP contribution in [0.25, 0.3) is 0 Å². The third-order valence-electron chi connectivity index (χ3n) is 7.14. The van der Waals surface area contributed by atoms with Crippen molar-refractivity contribution >= 4 is 21.8 Å². The molecule has 0 aromatic heterocycles. The SMILES string of the molecule is CCCCCNC(=O)C(c1ccccc1)N(Cc1ccc(F)cc1)C(=O)COc1ccc(S(=O)(=O)N2CCOCC2)cc1. The molecule has 2 amide bonds. The van der Waals surface area contributed by atoms with Gasteiger partial charge in [0.15, 0.2) is 6.61 Å². The Morgan fingerprint density at radius 1 is 0.977 bits per heavy atom. The molecule has 1 aliphatic rings. The number of halogens is 1. The van der Waals surface area contributed by atoms with E-state index in [1.54, 1.807) is 36.4 Å². The predicted molar refractivity (Wildman–Crippen MR) is 160 cm³/mol. The van der Waals surface area contributed by atoms with E-state index >= 15 is 0 Å². The van der Waals surface area contributed by atoms with Crippen molar-refractivity contribution in [3.63, 3.8) is 0 Å². The van der Waals surface area contributed by atoms with Gasteiger partial charge in [-0.05, 0) is 53.9 Å². The second-order valence-electron chi connectivity index (χ2n) is 10.2. The second-order valence-corrected chi connectivity index (χ2v) is 12.2. The van der Waals surface area contributed by atoms with Crippen molar-refractivity contribution in [2.45, 2.75) is 43.7 Å². The molecule has 1 heterocycles. The van der Waals surface area contributed by atoms with Crippen molar-refractivity contribution in [3.8, 4) is 5.75 Å². The number of sulfonamides is 1. The number of morpholine rings is 1. The van der Waals surface area contributed by atoms with Crippen molar-refractivity contribution in [1.82, 2.24) is 14.5 Å². The maximum atomic E-state index is 13.7. The van der Waals surface area contributed by atoms with Crippen molar-refractivity contribution in [1.29, 1.82) is 0 Å². The first-order valence-electron chi connectivity index (χ1n) is 14.5. The summed E-state index contributed by atoms with van der Waals surface area (Å²) >= 11 is 0. The zero-order chi connectivity index (χ0) is 30.7. The largest absolute Gasteiger partial charge is 0.484 e. The van der Waals surface area contributed by atoms with Gasteiger partial charge < -0.3 is 19.7 Å². The van der Waals surface area contributed by atoms with Crippen LogP contribution in [0.2, 0.25) is 0 Å². The van der Waals surface area contributed by atoms with E-state index < -0.39 is 34.4 Å². The van der Waals surface area contributed by atoms with E-state index in [2.05, 4.69) is 12.2 Å². The van der Waals surface area contributed by atoms with Gasteiger partial charge in [-0.2, -0.15) is 4.31 Å². The van der Waals surface area contributed by atoms with Gasteiger partial charge in [0.2, 0.25) is 15.9 Å². The van der Waals surface area contributed by atoms with Gasteiger partial charge >= 0.3 is 0 Å². The minimum atomic E-state index is -3.67. The van der Waals surface area contributed by atoms with Crippen molar-refractivity contribution in [2.75, 3.05) is 39.5 Å². The third kappa shape index (κ3) is 8.85. The first-order chi connectivity index (χ1) is 20.8. The second kappa shape index (κ2) is 15.6. The highest BCUT2D eigenvalue weighted by Crippen LogP contribution is 2.25. The topological polar surface area (TPSA) is 105 Å². The van der Waals surface area contributed by atoms with Gasteiger partial charge in [-0.15, -0.1) is 0 Å². The van der Waals surface area contributed by atoms with Crippen molar-refractivity contribution in [3.05, 3.63) is 95.8 Å². The summed E-state index contributed by atoms with van der Waals surface area (Å²) in [6.45, 7) is 3.46. The van der Waals surface area contributed by atoms with Gasteiger partial charge in [0, 0.05) is 26.2 Å². The zero-order valence-corrected chi connectivity index (χ0v) is 25.1. The molecule has 3 aromatic rings. The van der Waals surface area contributed by atoms with Crippen LogP contribution in [0, 0.1) is 5.82 Å². The quantitative estimate of drug-likeness (QED) is 0.273. The Balaban J connectivity index is 1.54. The number of nitrogens with zero attached hydrogens (tertiary/aromatic N) is 2. The molecule has 3 aromatic carbocycles. The highest BCUT2D eigenvalue weighted by molar-refractivity contribution is 7.89. The maximum Gasteiger partial charge on any atom is 0.261 e. The Hall–Kier alpha value is -3.80. The van der Waals surface area contributed by atoms with E-state index in [1.165, 1.54) is 45.6 Å². The summed E-state index contributed by atoms with van der Waals surface area (Å²) in [7, 11) is -3.67. The molecule has 0 spiro atoms. The van der Waals surface area contributed by atoms with Crippen LogP contribution in [0.15, 0.2) is 83.8 Å². The van der Waals surface area contributed by atoms with Crippen LogP contribution in [0.3, 0.4) is 0 Å². The highest BCUT2D eigenvalue weighted by Gasteiger charge is 2.32. The van der Waals surface area contributed by atoms with Crippen molar-refractivity contribution < 1.29 is 31.9 Å². The average molecular weight is 612 g/mol. The number of nitrogens with one attached hydrogen (secondary N) is 1. The van der Waals surface area contributed by atoms with Gasteiger partial charge in [-0.25, -0.2) is 12.8 Å². The van der Waals surface area contributed by atoms with E-state index in [-0.39, 0.29) is 30.4 Å². The van der Waals surface area contributed by atoms with E-state index in [0.29, 0.717) is 36.6 Å². The van der Waals surface area contributed by atoms with Gasteiger partial charge in [-0.1, -0.05) is 62.2 Å². The fraction of sp³-hybridized carbons (Fsp3) is 0.375. The van der Waals surface area contributed by atoms with Gasteiger partial charge in [0.25, 0.3) is 5.91 Å². The van der Waals surface area contributed by atoms with Crippen LogP contribution in [0.4, 0.5) is 4.39 Å². The van der Waals surface area contributed by atoms with E-state index in [0.717, 1.165) is 19.3 Å². The number of hydrogen-bond donors (Lipinski definition) is 1. The molecular formula is C32H38FN3O6S. The lowest BCUT2D eigenvalue weighted by molar-refractivity contribution is -0.143. The van der Waals surface area contributed by atoms with Gasteiger partial charge in [0.05, 0.1) is 18.1 Å². The minimum Gasteiger partial charge on any atom is -0.484 e. The summed E-state index contributed by atoms with van der Waals surface area (Å²) in [5.41, 5.74) is 1.27. The molecule has 1 unspecified atom stereocenters. The summed E-state index contributed by atoms with van der Waals surface area (Å²) in [5, 5.41) is 2.97. The van der Waals surface area contributed by atoms with Crippen LogP contribution in [-0.4, -0.2) is 68.9 Å². The Morgan fingerprint density at radius 3 is 2.30 bits per heavy atom. The Morgan fingerprint density at radius 2 is 1.65 bits per heavy atom. The number of rotatable bonds is 14. The first kappa shape index (κ1) is 32.1. The number of amides is 2. The average Bonchev–Trinajstić information content (AvgIpc) is 3.03. The summed E-state index contributed by atoms with van der Waals surface area (Å²) in [5.74, 6) is -0.893. The molecule has 4 rings (SSSR count). The van der Waals surface area contributed by atoms with Gasteiger partial charge in [0.1, 0.15) is 17.6 Å². The lowest BCUT2D eigenvalue weighted by Gasteiger charge is -2.31. The molecule has 1 saturated heterocycles. The first-order valence-corrected chi connectivity index (χ1v) is 15.9. The monoisotopic (exact) mass is 611 g/mol. The van der Waals surface area contributed by atoms with Gasteiger partial charge in [-0.3, -0.25) is 9.59 Å². The Kier molecular flexibility index (Phi) is 11.7. The molecule has 0 radical (unpaired) electrons. The lowest BCUT2D eigenvalue weighted by Crippen LogP contribution is -2.45. The van der Waals surface area contributed by atoms with Crippen LogP contribution >= 0.6 is 0 Å². The fourth-order valence-electron chi connectivity index (χ4n) is 4.77. The smallest absolute Gasteiger partial charge is 0.261 e. The third-order valence-corrected chi connectivity index (χ3v) is 9.05. The molecular weight excluding hydrogens is 573 g/mol. The molecule has 1 N–H and O–H groups in total. The van der Waals surface area contributed by atoms with Crippen LogP contribution < -0.4 is 10.1 Å². The number of hydrogen-bond acceptors (Lipinski definition) is 6. The van der Waals surface area contributed by atoms with Crippen molar-refractivity contribution in [2.24, 2.45) is 0 Å². The molecule has 0 aliphatic carbocycles. The number of carbonyl (C=O) groups is 2. The fourth-order valence-corrected chi connectivity index (χ4v) is 6.18. The molecule has 0 bridgehead atoms.